The third kappa shape index (κ3) is 8.31. The number of halogens is 1. The summed E-state index contributed by atoms with van der Waals surface area (Å²) in [6.45, 7) is 8.38. The summed E-state index contributed by atoms with van der Waals surface area (Å²) in [5.41, 5.74) is 11.3. The molecule has 14 aromatic carbocycles. The minimum Gasteiger partial charge on any atom is -0.399 e. The van der Waals surface area contributed by atoms with Crippen LogP contribution in [-0.4, -0.2) is 37.1 Å². The summed E-state index contributed by atoms with van der Waals surface area (Å²) in [5.74, 6) is 0. The van der Waals surface area contributed by atoms with E-state index in [4.69, 9.17) is 19.3 Å². The molecule has 0 spiro atoms. The van der Waals surface area contributed by atoms with Gasteiger partial charge in [-0.1, -0.05) is 222 Å². The molecule has 5 heterocycles. The second-order valence-electron chi connectivity index (χ2n) is 24.4. The lowest BCUT2D eigenvalue weighted by atomic mass is 9.78. The molecule has 418 valence electrons. The van der Waals surface area contributed by atoms with Gasteiger partial charge >= 0.3 is 7.12 Å². The number of hydrogen-bond acceptors (Lipinski definition) is 4. The molecule has 0 amide bonds. The van der Waals surface area contributed by atoms with Gasteiger partial charge in [-0.3, -0.25) is 8.80 Å². The molecule has 0 atom stereocenters. The van der Waals surface area contributed by atoms with Crippen LogP contribution in [0.3, 0.4) is 0 Å². The van der Waals surface area contributed by atoms with Gasteiger partial charge in [0.1, 0.15) is 11.3 Å². The first-order chi connectivity index (χ1) is 43.0. The van der Waals surface area contributed by atoms with E-state index in [0.717, 1.165) is 48.8 Å². The molecule has 18 aromatic rings. The maximum Gasteiger partial charge on any atom is 0.494 e. The molecule has 6 nitrogen and oxygen atoms in total. The average molecular weight is 1200 g/mol. The molecule has 19 rings (SSSR count). The zero-order valence-electron chi connectivity index (χ0n) is 49.0. The monoisotopic (exact) mass is 1190 g/mol. The highest BCUT2D eigenvalue weighted by molar-refractivity contribution is 9.10. The Kier molecular flexibility index (Phi) is 11.9. The van der Waals surface area contributed by atoms with Crippen molar-refractivity contribution in [2.45, 2.75) is 38.9 Å². The minimum atomic E-state index is -0.403. The second kappa shape index (κ2) is 20.1. The Hall–Kier alpha value is -9.96. The van der Waals surface area contributed by atoms with E-state index >= 15 is 0 Å². The summed E-state index contributed by atoms with van der Waals surface area (Å²) in [6, 6.07) is 95.6. The van der Waals surface area contributed by atoms with Crippen LogP contribution in [0.25, 0.3) is 152 Å². The summed E-state index contributed by atoms with van der Waals surface area (Å²) in [6.07, 6.45) is 0. The van der Waals surface area contributed by atoms with Crippen LogP contribution >= 0.6 is 15.9 Å². The molecule has 1 saturated heterocycles. The third-order valence-corrected chi connectivity index (χ3v) is 19.3. The lowest BCUT2D eigenvalue weighted by Gasteiger charge is -2.32. The Morgan fingerprint density at radius 2 is 0.705 bits per heavy atom. The van der Waals surface area contributed by atoms with Gasteiger partial charge in [-0.2, -0.15) is 0 Å². The Morgan fingerprint density at radius 3 is 1.26 bits per heavy atom. The Morgan fingerprint density at radius 1 is 0.318 bits per heavy atom. The minimum absolute atomic E-state index is 0.380. The van der Waals surface area contributed by atoms with Crippen molar-refractivity contribution < 1.29 is 9.31 Å². The molecule has 4 aromatic heterocycles. The van der Waals surface area contributed by atoms with Crippen molar-refractivity contribution in [1.82, 2.24) is 18.8 Å². The van der Waals surface area contributed by atoms with Gasteiger partial charge in [0.15, 0.2) is 0 Å². The zero-order valence-corrected chi connectivity index (χ0v) is 50.6. The first kappa shape index (κ1) is 52.4. The number of pyridine rings is 2. The highest BCUT2D eigenvalue weighted by atomic mass is 79.9. The smallest absolute Gasteiger partial charge is 0.399 e. The summed E-state index contributed by atoms with van der Waals surface area (Å²) in [7, 11) is -0.403. The highest BCUT2D eigenvalue weighted by Crippen LogP contribution is 2.42. The number of nitrogens with zero attached hydrogens (tertiary/aromatic N) is 4. The van der Waals surface area contributed by atoms with Crippen LogP contribution in [0, 0.1) is 0 Å². The molecule has 1 aliphatic heterocycles. The molecule has 1 fully saturated rings. The lowest BCUT2D eigenvalue weighted by Crippen LogP contribution is -2.41. The van der Waals surface area contributed by atoms with Crippen molar-refractivity contribution in [3.8, 4) is 11.1 Å². The van der Waals surface area contributed by atoms with Crippen molar-refractivity contribution in [1.29, 1.82) is 0 Å². The Labute approximate surface area is 516 Å². The van der Waals surface area contributed by atoms with Crippen LogP contribution in [-0.2, 0) is 9.31 Å². The molecular weight excluding hydrogens is 1140 g/mol. The quantitative estimate of drug-likeness (QED) is 0.128. The normalized spacial score (nSPS) is 14.0. The van der Waals surface area contributed by atoms with E-state index in [2.05, 4.69) is 313 Å². The molecule has 1 aliphatic rings. The highest BCUT2D eigenvalue weighted by Gasteiger charge is 2.51. The predicted octanol–water partition coefficient (Wildman–Crippen LogP) is 20.9. The second-order valence-corrected chi connectivity index (χ2v) is 25.3. The van der Waals surface area contributed by atoms with Crippen LogP contribution < -0.4 is 5.46 Å². The third-order valence-electron chi connectivity index (χ3n) is 18.8. The SMILES string of the molecule is Brc1ccc2c(ccc3ccccc32)c1.CC1(C)OB(c2ccc3c(c2)c2ccc4ccccc4c2c2nc4ccccc4n32)OC1(C)C.c1ccc2c(c1)ccc1cc(-c3ccc4c(c3)c3ccc5ccccc5c3c3nc5ccccc5n43)ccc12. The fourth-order valence-corrected chi connectivity index (χ4v) is 14.1. The molecule has 0 radical (unpaired) electrons. The maximum atomic E-state index is 6.38. The van der Waals surface area contributed by atoms with Crippen LogP contribution in [0.1, 0.15) is 27.7 Å². The van der Waals surface area contributed by atoms with Crippen LogP contribution in [0.15, 0.2) is 271 Å². The van der Waals surface area contributed by atoms with E-state index < -0.39 is 7.12 Å². The molecule has 0 N–H and O–H groups in total. The van der Waals surface area contributed by atoms with Crippen molar-refractivity contribution in [2.24, 2.45) is 0 Å². The Balaban J connectivity index is 0.000000112. The summed E-state index contributed by atoms with van der Waals surface area (Å²) >= 11 is 3.50. The first-order valence-electron chi connectivity index (χ1n) is 30.2. The molecular formula is C80H56BBrN4O2. The Bertz CT molecular complexity index is 5930. The maximum absolute atomic E-state index is 6.38. The van der Waals surface area contributed by atoms with Crippen molar-refractivity contribution >= 4 is 170 Å². The van der Waals surface area contributed by atoms with Crippen LogP contribution in [0.5, 0.6) is 0 Å². The van der Waals surface area contributed by atoms with Crippen LogP contribution in [0.2, 0.25) is 0 Å². The molecule has 0 bridgehead atoms. The fraction of sp³-hybridized carbons (Fsp3) is 0.0750. The van der Waals surface area contributed by atoms with Crippen molar-refractivity contribution in [2.75, 3.05) is 0 Å². The van der Waals surface area contributed by atoms with Crippen molar-refractivity contribution in [3.05, 3.63) is 271 Å². The van der Waals surface area contributed by atoms with E-state index in [0.29, 0.717) is 0 Å². The number of aromatic nitrogens is 4. The van der Waals surface area contributed by atoms with Crippen LogP contribution in [0.4, 0.5) is 0 Å². The van der Waals surface area contributed by atoms with E-state index in [1.54, 1.807) is 0 Å². The summed E-state index contributed by atoms with van der Waals surface area (Å²) in [5, 5.41) is 22.5. The van der Waals surface area contributed by atoms with Gasteiger partial charge in [0.05, 0.1) is 44.3 Å². The van der Waals surface area contributed by atoms with Crippen molar-refractivity contribution in [3.63, 3.8) is 0 Å². The summed E-state index contributed by atoms with van der Waals surface area (Å²) < 4.78 is 18.5. The number of fused-ring (bicyclic) bond motifs is 26. The fourth-order valence-electron chi connectivity index (χ4n) is 13.7. The van der Waals surface area contributed by atoms with Gasteiger partial charge in [0.25, 0.3) is 0 Å². The van der Waals surface area contributed by atoms with Gasteiger partial charge in [-0.25, -0.2) is 9.97 Å². The molecule has 0 unspecified atom stereocenters. The van der Waals surface area contributed by atoms with E-state index in [1.807, 2.05) is 6.07 Å². The standard InChI is InChI=1S/C37H22N2.C29H25BN2O2.C14H9Br/c1-3-9-28-23(7-1)13-14-27-21-25(16-18-29(27)28)26-17-20-34-32(22-26)31-19-15-24-8-2-4-10-30(24)36(31)37-38-33-11-5-6-12-35(33)39(34)37;1-28(2)29(3,4)34-30(33-28)19-14-16-24-22(17-19)21-15-13-18-9-5-6-10-20(18)26(21)27-31-23-11-7-8-12-25(23)32(24)27;15-12-7-8-14-11(9-12)6-5-10-3-1-2-4-13(10)14/h1-22H;5-17H,1-4H3;1-9H. The van der Waals surface area contributed by atoms with Gasteiger partial charge in [0, 0.05) is 26.0 Å². The zero-order chi connectivity index (χ0) is 59.0. The number of hydrogen-bond donors (Lipinski definition) is 0. The van der Waals surface area contributed by atoms with Gasteiger partial charge < -0.3 is 9.31 Å². The molecule has 0 saturated carbocycles. The molecule has 8 heteroatoms. The van der Waals surface area contributed by atoms with Gasteiger partial charge in [0.2, 0.25) is 0 Å². The van der Waals surface area contributed by atoms with E-state index in [1.165, 1.54) is 114 Å². The topological polar surface area (TPSA) is 53.1 Å². The summed E-state index contributed by atoms with van der Waals surface area (Å²) in [4.78, 5) is 10.2. The van der Waals surface area contributed by atoms with E-state index in [-0.39, 0.29) is 11.2 Å². The van der Waals surface area contributed by atoms with Gasteiger partial charge in [-0.15, -0.1) is 0 Å². The first-order valence-corrected chi connectivity index (χ1v) is 30.9. The van der Waals surface area contributed by atoms with E-state index in [9.17, 15) is 0 Å². The lowest BCUT2D eigenvalue weighted by molar-refractivity contribution is 0.00578. The number of imidazole rings is 2. The largest absolute Gasteiger partial charge is 0.494 e. The molecule has 0 aliphatic carbocycles. The number of para-hydroxylation sites is 4. The number of benzene rings is 14. The predicted molar refractivity (Wildman–Crippen MR) is 376 cm³/mol. The van der Waals surface area contributed by atoms with Gasteiger partial charge in [-0.05, 0) is 180 Å². The molecule has 88 heavy (non-hydrogen) atoms. The average Bonchev–Trinajstić information content (AvgIpc) is 1.59. The number of rotatable bonds is 2.